The molecule has 5 rings (SSSR count). The lowest BCUT2D eigenvalue weighted by Gasteiger charge is -2.29. The summed E-state index contributed by atoms with van der Waals surface area (Å²) in [6, 6.07) is 18.9. The van der Waals surface area contributed by atoms with Crippen molar-refractivity contribution in [3.8, 4) is 11.6 Å². The maximum atomic E-state index is 14.8. The van der Waals surface area contributed by atoms with E-state index in [0.29, 0.717) is 34.6 Å². The first kappa shape index (κ1) is 29.3. The minimum atomic E-state index is -0.693. The molecule has 1 amide bonds. The van der Waals surface area contributed by atoms with Crippen molar-refractivity contribution in [1.29, 1.82) is 0 Å². The number of piperidine rings is 1. The smallest absolute Gasteiger partial charge is 0.425 e. The molecule has 4 aromatic rings. The summed E-state index contributed by atoms with van der Waals surface area (Å²) < 4.78 is 26.3. The van der Waals surface area contributed by atoms with Crippen LogP contribution in [0.5, 0.6) is 11.6 Å². The SMILES string of the molecule is Cc1cccc(C)c1N(C(=O)Oc1ccnc(Nc2ccc(OCC3CCCN(C)C3)c(F)c2)n1)c1ccccc1Cl. The predicted octanol–water partition coefficient (Wildman–Crippen LogP) is 7.69. The minimum absolute atomic E-state index is 0.0127. The van der Waals surface area contributed by atoms with E-state index in [0.717, 1.165) is 37.1 Å². The van der Waals surface area contributed by atoms with Crippen LogP contribution < -0.4 is 19.7 Å². The third-order valence-electron chi connectivity index (χ3n) is 7.15. The first-order valence-electron chi connectivity index (χ1n) is 13.8. The topological polar surface area (TPSA) is 79.8 Å². The van der Waals surface area contributed by atoms with E-state index >= 15 is 0 Å². The highest BCUT2D eigenvalue weighted by Gasteiger charge is 2.26. The molecular weight excluding hydrogens is 557 g/mol. The Morgan fingerprint density at radius 2 is 1.90 bits per heavy atom. The summed E-state index contributed by atoms with van der Waals surface area (Å²) in [6.45, 7) is 6.32. The lowest BCUT2D eigenvalue weighted by atomic mass is 10.00. The minimum Gasteiger partial charge on any atom is -0.490 e. The molecular formula is C32H33ClFN5O3. The molecule has 1 aromatic heterocycles. The Balaban J connectivity index is 1.30. The Hall–Kier alpha value is -4.21. The van der Waals surface area contributed by atoms with Gasteiger partial charge in [0.05, 0.1) is 23.0 Å². The number of rotatable bonds is 8. The Bertz CT molecular complexity index is 1550. The summed E-state index contributed by atoms with van der Waals surface area (Å²) >= 11 is 6.50. The molecule has 3 aromatic carbocycles. The molecule has 0 spiro atoms. The molecule has 0 saturated carbocycles. The number of aromatic nitrogens is 2. The van der Waals surface area contributed by atoms with Gasteiger partial charge in [0.2, 0.25) is 11.8 Å². The first-order valence-corrected chi connectivity index (χ1v) is 14.2. The van der Waals surface area contributed by atoms with E-state index in [4.69, 9.17) is 21.1 Å². The lowest BCUT2D eigenvalue weighted by Crippen LogP contribution is -2.34. The number of nitrogens with one attached hydrogen (secondary N) is 1. The van der Waals surface area contributed by atoms with E-state index in [-0.39, 0.29) is 17.6 Å². The van der Waals surface area contributed by atoms with E-state index in [9.17, 15) is 9.18 Å². The number of amides is 1. The number of hydrogen-bond acceptors (Lipinski definition) is 7. The van der Waals surface area contributed by atoms with Gasteiger partial charge in [0, 0.05) is 36.5 Å². The number of carbonyl (C=O) groups excluding carboxylic acids is 1. The Kier molecular flexibility index (Phi) is 9.19. The standard InChI is InChI=1S/C32H33ClFN5O3/c1-21-8-6-9-22(2)30(21)39(27-12-5-4-11-25(27)33)32(40)42-29-15-16-35-31(37-29)36-24-13-14-28(26(34)18-24)41-20-23-10-7-17-38(3)19-23/h4-6,8-9,11-16,18,23H,7,10,17,19-20H2,1-3H3,(H,35,36,37). The van der Waals surface area contributed by atoms with Gasteiger partial charge in [-0.3, -0.25) is 0 Å². The molecule has 8 nitrogen and oxygen atoms in total. The van der Waals surface area contributed by atoms with Gasteiger partial charge in [-0.1, -0.05) is 41.9 Å². The molecule has 218 valence electrons. The van der Waals surface area contributed by atoms with Gasteiger partial charge in [0.25, 0.3) is 0 Å². The molecule has 1 saturated heterocycles. The number of likely N-dealkylation sites (tertiary alicyclic amines) is 1. The van der Waals surface area contributed by atoms with Crippen molar-refractivity contribution in [3.05, 3.63) is 94.9 Å². The highest BCUT2D eigenvalue weighted by atomic mass is 35.5. The van der Waals surface area contributed by atoms with Crippen LogP contribution in [-0.4, -0.2) is 47.7 Å². The molecule has 0 aliphatic carbocycles. The van der Waals surface area contributed by atoms with Gasteiger partial charge in [0.1, 0.15) is 0 Å². The van der Waals surface area contributed by atoms with Crippen molar-refractivity contribution in [2.75, 3.05) is 37.0 Å². The van der Waals surface area contributed by atoms with Crippen LogP contribution in [0.15, 0.2) is 72.9 Å². The number of anilines is 4. The number of halogens is 2. The van der Waals surface area contributed by atoms with E-state index in [1.54, 1.807) is 36.4 Å². The summed E-state index contributed by atoms with van der Waals surface area (Å²) in [5.41, 5.74) is 3.31. The van der Waals surface area contributed by atoms with Crippen molar-refractivity contribution in [2.24, 2.45) is 5.92 Å². The molecule has 2 heterocycles. The van der Waals surface area contributed by atoms with Crippen LogP contribution in [0.2, 0.25) is 5.02 Å². The zero-order valence-electron chi connectivity index (χ0n) is 23.8. The van der Waals surface area contributed by atoms with Gasteiger partial charge in [0.15, 0.2) is 11.6 Å². The average Bonchev–Trinajstić information content (AvgIpc) is 2.95. The zero-order chi connectivity index (χ0) is 29.6. The second kappa shape index (κ2) is 13.2. The molecule has 42 heavy (non-hydrogen) atoms. The van der Waals surface area contributed by atoms with Crippen LogP contribution in [0, 0.1) is 25.6 Å². The van der Waals surface area contributed by atoms with Gasteiger partial charge in [-0.15, -0.1) is 0 Å². The first-order chi connectivity index (χ1) is 20.3. The number of carbonyl (C=O) groups is 1. The largest absolute Gasteiger partial charge is 0.490 e. The molecule has 10 heteroatoms. The predicted molar refractivity (Wildman–Crippen MR) is 163 cm³/mol. The summed E-state index contributed by atoms with van der Waals surface area (Å²) in [4.78, 5) is 25.8. The van der Waals surface area contributed by atoms with Crippen LogP contribution in [0.25, 0.3) is 0 Å². The highest BCUT2D eigenvalue weighted by molar-refractivity contribution is 6.34. The van der Waals surface area contributed by atoms with E-state index in [1.165, 1.54) is 23.2 Å². The van der Waals surface area contributed by atoms with E-state index < -0.39 is 11.9 Å². The van der Waals surface area contributed by atoms with Gasteiger partial charge in [-0.05, 0) is 75.7 Å². The summed E-state index contributed by atoms with van der Waals surface area (Å²) in [7, 11) is 2.09. The summed E-state index contributed by atoms with van der Waals surface area (Å²) in [5, 5.41) is 3.36. The van der Waals surface area contributed by atoms with E-state index in [1.807, 2.05) is 32.0 Å². The van der Waals surface area contributed by atoms with Crippen molar-refractivity contribution < 1.29 is 18.7 Å². The molecule has 0 bridgehead atoms. The van der Waals surface area contributed by atoms with Crippen LogP contribution in [0.1, 0.15) is 24.0 Å². The summed E-state index contributed by atoms with van der Waals surface area (Å²) in [5.74, 6) is 0.233. The number of ether oxygens (including phenoxy) is 2. The van der Waals surface area contributed by atoms with Crippen molar-refractivity contribution >= 4 is 40.7 Å². The Labute approximate surface area is 250 Å². The number of benzene rings is 3. The molecule has 0 radical (unpaired) electrons. The van der Waals surface area contributed by atoms with Gasteiger partial charge in [-0.2, -0.15) is 4.98 Å². The van der Waals surface area contributed by atoms with Gasteiger partial charge >= 0.3 is 6.09 Å². The maximum absolute atomic E-state index is 14.8. The highest BCUT2D eigenvalue weighted by Crippen LogP contribution is 2.36. The molecule has 1 aliphatic rings. The second-order valence-corrected chi connectivity index (χ2v) is 10.9. The van der Waals surface area contributed by atoms with Gasteiger partial charge < -0.3 is 19.7 Å². The third kappa shape index (κ3) is 6.98. The normalized spacial score (nSPS) is 15.2. The van der Waals surface area contributed by atoms with Crippen LogP contribution in [0.3, 0.4) is 0 Å². The summed E-state index contributed by atoms with van der Waals surface area (Å²) in [6.07, 6.45) is 2.95. The Morgan fingerprint density at radius 1 is 1.12 bits per heavy atom. The number of aryl methyl sites for hydroxylation is 2. The lowest BCUT2D eigenvalue weighted by molar-refractivity contribution is 0.147. The van der Waals surface area contributed by atoms with Crippen LogP contribution >= 0.6 is 11.6 Å². The maximum Gasteiger partial charge on any atom is 0.425 e. The second-order valence-electron chi connectivity index (χ2n) is 10.5. The Morgan fingerprint density at radius 3 is 2.64 bits per heavy atom. The van der Waals surface area contributed by atoms with Crippen molar-refractivity contribution in [3.63, 3.8) is 0 Å². The van der Waals surface area contributed by atoms with Crippen molar-refractivity contribution in [1.82, 2.24) is 14.9 Å². The zero-order valence-corrected chi connectivity index (χ0v) is 24.6. The quantitative estimate of drug-likeness (QED) is 0.226. The molecule has 1 N–H and O–H groups in total. The van der Waals surface area contributed by atoms with E-state index in [2.05, 4.69) is 27.2 Å². The molecule has 1 aliphatic heterocycles. The fourth-order valence-corrected chi connectivity index (χ4v) is 5.36. The monoisotopic (exact) mass is 589 g/mol. The fourth-order valence-electron chi connectivity index (χ4n) is 5.14. The fraction of sp³-hybridized carbons (Fsp3) is 0.281. The molecule has 1 atom stereocenters. The van der Waals surface area contributed by atoms with Gasteiger partial charge in [-0.25, -0.2) is 19.1 Å². The molecule has 1 unspecified atom stereocenters. The number of para-hydroxylation sites is 2. The van der Waals surface area contributed by atoms with Crippen molar-refractivity contribution in [2.45, 2.75) is 26.7 Å². The number of hydrogen-bond donors (Lipinski definition) is 1. The average molecular weight is 590 g/mol. The third-order valence-corrected chi connectivity index (χ3v) is 7.47. The molecule has 1 fully saturated rings. The van der Waals surface area contributed by atoms with Crippen LogP contribution in [-0.2, 0) is 0 Å². The van der Waals surface area contributed by atoms with Crippen LogP contribution in [0.4, 0.5) is 32.2 Å². The number of nitrogens with zero attached hydrogens (tertiary/aromatic N) is 4.